The molecule has 1 aromatic heterocycles. The molecule has 0 atom stereocenters. The predicted octanol–water partition coefficient (Wildman–Crippen LogP) is 4.96. The van der Waals surface area contributed by atoms with Gasteiger partial charge in [-0.25, -0.2) is 9.59 Å². The van der Waals surface area contributed by atoms with E-state index in [9.17, 15) is 14.7 Å². The number of furan rings is 1. The van der Waals surface area contributed by atoms with E-state index in [1.54, 1.807) is 12.2 Å². The highest BCUT2D eigenvalue weighted by atomic mass is 28.3. The number of carboxylic acid groups (broad SMARTS) is 1. The van der Waals surface area contributed by atoms with Gasteiger partial charge in [0.15, 0.2) is 0 Å². The van der Waals surface area contributed by atoms with Crippen molar-refractivity contribution < 1.29 is 23.8 Å². The topological polar surface area (TPSA) is 76.7 Å². The number of hydrogen-bond donors (Lipinski definition) is 1. The number of fused-ring (bicyclic) bond motifs is 3. The molecular formula is C25H30O5Si2. The van der Waals surface area contributed by atoms with Gasteiger partial charge in [0.2, 0.25) is 0 Å². The maximum absolute atomic E-state index is 11.7. The van der Waals surface area contributed by atoms with Gasteiger partial charge in [-0.05, 0) is 12.2 Å². The van der Waals surface area contributed by atoms with Crippen LogP contribution in [0.2, 0.25) is 39.3 Å². The van der Waals surface area contributed by atoms with Gasteiger partial charge in [0.05, 0.1) is 23.3 Å². The van der Waals surface area contributed by atoms with Crippen LogP contribution < -0.4 is 10.4 Å². The van der Waals surface area contributed by atoms with Gasteiger partial charge in [-0.1, -0.05) is 73.9 Å². The molecule has 7 heteroatoms. The molecule has 3 rings (SSSR count). The number of aliphatic carboxylic acids is 1. The zero-order valence-corrected chi connectivity index (χ0v) is 21.7. The molecule has 0 bridgehead atoms. The number of carboxylic acids is 1. The summed E-state index contributed by atoms with van der Waals surface area (Å²) < 4.78 is 11.1. The van der Waals surface area contributed by atoms with Crippen molar-refractivity contribution in [1.29, 1.82) is 0 Å². The van der Waals surface area contributed by atoms with Gasteiger partial charge in [0.1, 0.15) is 11.2 Å². The van der Waals surface area contributed by atoms with Crippen LogP contribution in [0, 0.1) is 0 Å². The summed E-state index contributed by atoms with van der Waals surface area (Å²) >= 11 is 0. The maximum Gasteiger partial charge on any atom is 0.330 e. The average Bonchev–Trinajstić information content (AvgIpc) is 3.07. The molecule has 0 aliphatic carbocycles. The number of methoxy groups -OCH3 is 1. The van der Waals surface area contributed by atoms with E-state index >= 15 is 0 Å². The number of hydrogen-bond acceptors (Lipinski definition) is 4. The Balaban J connectivity index is 2.45. The van der Waals surface area contributed by atoms with Crippen LogP contribution in [0.25, 0.3) is 34.1 Å². The summed E-state index contributed by atoms with van der Waals surface area (Å²) in [6.07, 6.45) is 5.86. The summed E-state index contributed by atoms with van der Waals surface area (Å²) in [7, 11) is -2.01. The molecule has 168 valence electrons. The van der Waals surface area contributed by atoms with Crippen molar-refractivity contribution in [2.45, 2.75) is 39.3 Å². The second-order valence-electron chi connectivity index (χ2n) is 10.0. The van der Waals surface area contributed by atoms with Gasteiger partial charge >= 0.3 is 11.9 Å². The molecule has 32 heavy (non-hydrogen) atoms. The molecule has 5 nitrogen and oxygen atoms in total. The number of carbonyl (C=O) groups is 2. The number of benzene rings is 2. The van der Waals surface area contributed by atoms with Crippen molar-refractivity contribution in [1.82, 2.24) is 0 Å². The van der Waals surface area contributed by atoms with E-state index in [4.69, 9.17) is 9.15 Å². The monoisotopic (exact) mass is 466 g/mol. The van der Waals surface area contributed by atoms with E-state index in [0.717, 1.165) is 28.0 Å². The molecule has 0 unspecified atom stereocenters. The Kier molecular flexibility index (Phi) is 6.35. The molecule has 2 aromatic carbocycles. The molecule has 3 aromatic rings. The molecule has 0 saturated carbocycles. The first kappa shape index (κ1) is 23.8. The first-order valence-corrected chi connectivity index (χ1v) is 17.5. The van der Waals surface area contributed by atoms with Crippen molar-refractivity contribution in [2.75, 3.05) is 7.11 Å². The smallest absolute Gasteiger partial charge is 0.330 e. The minimum absolute atomic E-state index is 0.432. The fourth-order valence-electron chi connectivity index (χ4n) is 3.53. The van der Waals surface area contributed by atoms with Crippen LogP contribution in [0.1, 0.15) is 11.1 Å². The molecule has 0 aliphatic rings. The number of esters is 1. The number of carbonyl (C=O) groups excluding carboxylic acids is 1. The molecular weight excluding hydrogens is 436 g/mol. The van der Waals surface area contributed by atoms with Gasteiger partial charge < -0.3 is 14.3 Å². The summed E-state index contributed by atoms with van der Waals surface area (Å²) in [5, 5.41) is 13.6. The van der Waals surface area contributed by atoms with Crippen LogP contribution >= 0.6 is 0 Å². The summed E-state index contributed by atoms with van der Waals surface area (Å²) in [5.41, 5.74) is 2.89. The second-order valence-corrected chi connectivity index (χ2v) is 20.2. The molecule has 1 heterocycles. The van der Waals surface area contributed by atoms with Crippen molar-refractivity contribution in [3.05, 3.63) is 47.5 Å². The van der Waals surface area contributed by atoms with E-state index in [0.29, 0.717) is 11.2 Å². The first-order valence-electron chi connectivity index (χ1n) is 10.5. The standard InChI is InChI=1S/C25H30O5Si2/c1-29-23(28)11-9-17-13-19(32(5,6)7)15-21-20-14-18(31(2,3)4)12-16(8-10-22(26)27)24(20)30-25(17)21/h8-15H,1-7H3,(H,26,27)/b10-8+,11-9+. The molecule has 0 radical (unpaired) electrons. The Morgan fingerprint density at radius 3 is 1.62 bits per heavy atom. The fraction of sp³-hybridized carbons (Fsp3) is 0.280. The van der Waals surface area contributed by atoms with Gasteiger partial charge in [0, 0.05) is 34.1 Å². The van der Waals surface area contributed by atoms with E-state index in [-0.39, 0.29) is 0 Å². The van der Waals surface area contributed by atoms with Crippen LogP contribution in [0.5, 0.6) is 0 Å². The molecule has 1 N–H and O–H groups in total. The predicted molar refractivity (Wildman–Crippen MR) is 137 cm³/mol. The fourth-order valence-corrected chi connectivity index (χ4v) is 5.86. The van der Waals surface area contributed by atoms with E-state index in [1.165, 1.54) is 23.6 Å². The van der Waals surface area contributed by atoms with Gasteiger partial charge in [-0.15, -0.1) is 0 Å². The van der Waals surface area contributed by atoms with E-state index in [2.05, 4.69) is 57.5 Å². The lowest BCUT2D eigenvalue weighted by Gasteiger charge is -2.18. The third-order valence-corrected chi connectivity index (χ3v) is 9.51. The Morgan fingerprint density at radius 2 is 1.25 bits per heavy atom. The van der Waals surface area contributed by atoms with Crippen molar-refractivity contribution in [3.8, 4) is 0 Å². The van der Waals surface area contributed by atoms with E-state index in [1.807, 2.05) is 6.07 Å². The van der Waals surface area contributed by atoms with Crippen LogP contribution in [0.3, 0.4) is 0 Å². The Labute approximate surface area is 190 Å². The Hall–Kier alpha value is -2.91. The molecule has 0 aliphatic heterocycles. The van der Waals surface area contributed by atoms with Gasteiger partial charge in [0.25, 0.3) is 0 Å². The number of rotatable bonds is 6. The summed E-state index contributed by atoms with van der Waals surface area (Å²) in [6, 6.07) is 8.51. The average molecular weight is 467 g/mol. The van der Waals surface area contributed by atoms with Crippen molar-refractivity contribution >= 4 is 72.6 Å². The van der Waals surface area contributed by atoms with Crippen LogP contribution in [-0.2, 0) is 14.3 Å². The third kappa shape index (κ3) is 4.94. The van der Waals surface area contributed by atoms with Gasteiger partial charge in [-0.3, -0.25) is 0 Å². The Morgan fingerprint density at radius 1 is 0.812 bits per heavy atom. The number of ether oxygens (including phenoxy) is 1. The summed E-state index contributed by atoms with van der Waals surface area (Å²) in [4.78, 5) is 22.9. The highest BCUT2D eigenvalue weighted by molar-refractivity contribution is 6.89. The highest BCUT2D eigenvalue weighted by Crippen LogP contribution is 2.34. The molecule has 0 spiro atoms. The third-order valence-electron chi connectivity index (χ3n) is 5.47. The summed E-state index contributed by atoms with van der Waals surface area (Å²) in [5.74, 6) is -1.44. The minimum atomic E-state index is -1.69. The lowest BCUT2D eigenvalue weighted by atomic mass is 10.1. The van der Waals surface area contributed by atoms with Crippen LogP contribution in [0.4, 0.5) is 0 Å². The molecule has 0 saturated heterocycles. The largest absolute Gasteiger partial charge is 0.478 e. The minimum Gasteiger partial charge on any atom is -0.478 e. The van der Waals surface area contributed by atoms with Crippen molar-refractivity contribution in [3.63, 3.8) is 0 Å². The first-order chi connectivity index (χ1) is 14.8. The van der Waals surface area contributed by atoms with Crippen LogP contribution in [-0.4, -0.2) is 40.3 Å². The van der Waals surface area contributed by atoms with Crippen LogP contribution in [0.15, 0.2) is 40.8 Å². The quantitative estimate of drug-likeness (QED) is 0.316. The maximum atomic E-state index is 11.7. The molecule has 0 amide bonds. The van der Waals surface area contributed by atoms with Crippen molar-refractivity contribution in [2.24, 2.45) is 0 Å². The zero-order valence-electron chi connectivity index (χ0n) is 19.7. The summed E-state index contributed by atoms with van der Waals surface area (Å²) in [6.45, 7) is 13.6. The SMILES string of the molecule is COC(=O)/C=C/c1cc([Si](C)(C)C)cc2c1oc1c(/C=C/C(=O)O)cc([Si](C)(C)C)cc12. The van der Waals surface area contributed by atoms with Gasteiger partial charge in [-0.2, -0.15) is 0 Å². The second kappa shape index (κ2) is 8.56. The Bertz CT molecular complexity index is 1270. The normalized spacial score (nSPS) is 13.0. The lowest BCUT2D eigenvalue weighted by molar-refractivity contribution is -0.135. The molecule has 0 fully saturated rings. The highest BCUT2D eigenvalue weighted by Gasteiger charge is 2.24. The lowest BCUT2D eigenvalue weighted by Crippen LogP contribution is -2.38. The zero-order chi connectivity index (χ0) is 23.8. The van der Waals surface area contributed by atoms with E-state index < -0.39 is 28.1 Å².